The van der Waals surface area contributed by atoms with Gasteiger partial charge in [-0.1, -0.05) is 15.9 Å². The highest BCUT2D eigenvalue weighted by molar-refractivity contribution is 9.11. The summed E-state index contributed by atoms with van der Waals surface area (Å²) in [7, 11) is 0. The van der Waals surface area contributed by atoms with Crippen LogP contribution in [0, 0.1) is 0 Å². The quantitative estimate of drug-likeness (QED) is 0.568. The first-order valence-electron chi connectivity index (χ1n) is 5.85. The molecule has 0 unspecified atom stereocenters. The van der Waals surface area contributed by atoms with Gasteiger partial charge in [-0.05, 0) is 11.1 Å². The number of aliphatic hydroxyl groups excluding tert-OH is 2. The molecule has 1 aromatic rings. The third-order valence-corrected chi connectivity index (χ3v) is 3.24. The van der Waals surface area contributed by atoms with E-state index in [1.165, 1.54) is 11.2 Å². The maximum Gasteiger partial charge on any atom is 0.351 e. The van der Waals surface area contributed by atoms with Gasteiger partial charge in [-0.3, -0.25) is 15.3 Å². The van der Waals surface area contributed by atoms with Crippen molar-refractivity contribution >= 4 is 27.8 Å². The van der Waals surface area contributed by atoms with Crippen LogP contribution in [0.1, 0.15) is 18.2 Å². The molecule has 0 aliphatic carbocycles. The van der Waals surface area contributed by atoms with E-state index in [0.717, 1.165) is 4.57 Å². The number of nitrogens with one attached hydrogen (secondary N) is 1. The highest BCUT2D eigenvalue weighted by atomic mass is 79.9. The minimum Gasteiger partial charge on any atom is -0.394 e. The third kappa shape index (κ3) is 2.91. The Bertz CT molecular complexity index is 561. The van der Waals surface area contributed by atoms with Gasteiger partial charge in [0.2, 0.25) is 0 Å². The van der Waals surface area contributed by atoms with Gasteiger partial charge < -0.3 is 14.9 Å². The lowest BCUT2D eigenvalue weighted by atomic mass is 10.2. The summed E-state index contributed by atoms with van der Waals surface area (Å²) in [4.78, 5) is 17.1. The van der Waals surface area contributed by atoms with E-state index in [0.29, 0.717) is 5.56 Å². The fourth-order valence-electron chi connectivity index (χ4n) is 2.04. The Morgan fingerprint density at radius 3 is 2.95 bits per heavy atom. The zero-order valence-electron chi connectivity index (χ0n) is 10.3. The number of ether oxygens (including phenoxy) is 1. The second kappa shape index (κ2) is 6.46. The Balaban J connectivity index is 2.42. The van der Waals surface area contributed by atoms with Gasteiger partial charge in [-0.2, -0.15) is 4.98 Å². The SMILES string of the molecule is O=c1nc(NO)c(/C=C/Br)cn1[C@@H]1O[C@H](CO)C[C@H]1O. The number of hydrogen-bond acceptors (Lipinski definition) is 7. The van der Waals surface area contributed by atoms with Crippen molar-refractivity contribution in [2.75, 3.05) is 12.1 Å². The molecule has 110 valence electrons. The average molecular weight is 348 g/mol. The van der Waals surface area contributed by atoms with Gasteiger partial charge >= 0.3 is 5.69 Å². The lowest BCUT2D eigenvalue weighted by Crippen LogP contribution is -2.32. The maximum atomic E-state index is 11.9. The summed E-state index contributed by atoms with van der Waals surface area (Å²) in [5.74, 6) is -0.00635. The van der Waals surface area contributed by atoms with Crippen molar-refractivity contribution in [2.45, 2.75) is 24.9 Å². The molecule has 1 aliphatic heterocycles. The van der Waals surface area contributed by atoms with Crippen molar-refractivity contribution < 1.29 is 20.2 Å². The van der Waals surface area contributed by atoms with Gasteiger partial charge in [0.15, 0.2) is 12.0 Å². The van der Waals surface area contributed by atoms with Crippen LogP contribution < -0.4 is 11.2 Å². The Morgan fingerprint density at radius 1 is 1.65 bits per heavy atom. The molecule has 1 saturated heterocycles. The predicted molar refractivity (Wildman–Crippen MR) is 73.5 cm³/mol. The molecule has 0 saturated carbocycles. The summed E-state index contributed by atoms with van der Waals surface area (Å²) in [6.45, 7) is -0.236. The smallest absolute Gasteiger partial charge is 0.351 e. The van der Waals surface area contributed by atoms with Gasteiger partial charge in [0.25, 0.3) is 0 Å². The first-order chi connectivity index (χ1) is 9.60. The van der Waals surface area contributed by atoms with Crippen LogP contribution in [0.2, 0.25) is 0 Å². The van der Waals surface area contributed by atoms with E-state index in [2.05, 4.69) is 20.9 Å². The van der Waals surface area contributed by atoms with Gasteiger partial charge in [-0.15, -0.1) is 0 Å². The van der Waals surface area contributed by atoms with Crippen molar-refractivity contribution in [3.63, 3.8) is 0 Å². The summed E-state index contributed by atoms with van der Waals surface area (Å²) in [6, 6.07) is 0. The first-order valence-corrected chi connectivity index (χ1v) is 6.76. The van der Waals surface area contributed by atoms with Crippen molar-refractivity contribution in [1.82, 2.24) is 9.55 Å². The fourth-order valence-corrected chi connectivity index (χ4v) is 2.33. The van der Waals surface area contributed by atoms with Crippen molar-refractivity contribution in [3.8, 4) is 0 Å². The molecule has 20 heavy (non-hydrogen) atoms. The Hall–Kier alpha value is -1.26. The highest BCUT2D eigenvalue weighted by Crippen LogP contribution is 2.28. The molecular weight excluding hydrogens is 334 g/mol. The molecule has 4 N–H and O–H groups in total. The number of aromatic nitrogens is 2. The normalized spacial score (nSPS) is 26.3. The van der Waals surface area contributed by atoms with Crippen LogP contribution in [0.5, 0.6) is 0 Å². The molecule has 1 aromatic heterocycles. The van der Waals surface area contributed by atoms with E-state index in [4.69, 9.17) is 15.1 Å². The second-order valence-electron chi connectivity index (χ2n) is 4.27. The standard InChI is InChI=1S/C11H14BrN3O5/c12-2-1-6-4-15(11(18)13-9(6)14-19)10-8(17)3-7(5-16)20-10/h1-2,4,7-8,10,16-17,19H,3,5H2,(H,13,14,18)/b2-1+/t7-,8+,10+/m0/s1. The van der Waals surface area contributed by atoms with Gasteiger partial charge in [-0.25, -0.2) is 4.79 Å². The second-order valence-corrected chi connectivity index (χ2v) is 4.80. The number of aliphatic hydroxyl groups is 2. The molecule has 8 nitrogen and oxygen atoms in total. The van der Waals surface area contributed by atoms with Gasteiger partial charge in [0.1, 0.15) is 6.10 Å². The van der Waals surface area contributed by atoms with Crippen molar-refractivity contribution in [3.05, 3.63) is 27.2 Å². The van der Waals surface area contributed by atoms with Crippen LogP contribution in [-0.4, -0.2) is 43.8 Å². The molecule has 1 fully saturated rings. The molecule has 2 rings (SSSR count). The molecule has 1 aliphatic rings. The molecule has 0 aromatic carbocycles. The average Bonchev–Trinajstić information content (AvgIpc) is 2.81. The largest absolute Gasteiger partial charge is 0.394 e. The maximum absolute atomic E-state index is 11.9. The van der Waals surface area contributed by atoms with E-state index in [9.17, 15) is 9.90 Å². The molecule has 0 amide bonds. The number of rotatable bonds is 4. The van der Waals surface area contributed by atoms with Crippen molar-refractivity contribution in [1.29, 1.82) is 0 Å². The van der Waals surface area contributed by atoms with Crippen LogP contribution in [0.25, 0.3) is 6.08 Å². The lowest BCUT2D eigenvalue weighted by molar-refractivity contribution is -0.0530. The third-order valence-electron chi connectivity index (χ3n) is 2.97. The molecule has 2 heterocycles. The molecule has 3 atom stereocenters. The minimum absolute atomic E-state index is 0.00635. The molecule has 0 bridgehead atoms. The van der Waals surface area contributed by atoms with Crippen LogP contribution in [0.4, 0.5) is 5.82 Å². The van der Waals surface area contributed by atoms with Crippen LogP contribution in [0.15, 0.2) is 16.0 Å². The van der Waals surface area contributed by atoms with Crippen LogP contribution in [-0.2, 0) is 4.74 Å². The topological polar surface area (TPSA) is 117 Å². The molecule has 0 spiro atoms. The number of halogens is 1. The predicted octanol–water partition coefficient (Wildman–Crippen LogP) is 0.0507. The Kier molecular flexibility index (Phi) is 4.89. The Labute approximate surface area is 122 Å². The monoisotopic (exact) mass is 347 g/mol. The summed E-state index contributed by atoms with van der Waals surface area (Å²) in [5, 5.41) is 27.9. The fraction of sp³-hybridized carbons (Fsp3) is 0.455. The zero-order chi connectivity index (χ0) is 14.7. The molecule has 9 heteroatoms. The summed E-state index contributed by atoms with van der Waals surface area (Å²) < 4.78 is 6.53. The van der Waals surface area contributed by atoms with E-state index in [-0.39, 0.29) is 18.8 Å². The number of hydrogen-bond donors (Lipinski definition) is 4. The highest BCUT2D eigenvalue weighted by Gasteiger charge is 2.35. The van der Waals surface area contributed by atoms with E-state index < -0.39 is 24.1 Å². The van der Waals surface area contributed by atoms with Gasteiger partial charge in [0.05, 0.1) is 12.7 Å². The van der Waals surface area contributed by atoms with Crippen LogP contribution in [0.3, 0.4) is 0 Å². The zero-order valence-corrected chi connectivity index (χ0v) is 11.9. The molecular formula is C11H14BrN3O5. The van der Waals surface area contributed by atoms with Crippen LogP contribution >= 0.6 is 15.9 Å². The van der Waals surface area contributed by atoms with E-state index >= 15 is 0 Å². The minimum atomic E-state index is -0.916. The number of anilines is 1. The first kappa shape index (κ1) is 15.1. The summed E-state index contributed by atoms with van der Waals surface area (Å²) in [6.07, 6.45) is 0.846. The Morgan fingerprint density at radius 2 is 2.40 bits per heavy atom. The van der Waals surface area contributed by atoms with E-state index in [1.807, 2.05) is 5.48 Å². The lowest BCUT2D eigenvalue weighted by Gasteiger charge is -2.18. The van der Waals surface area contributed by atoms with Crippen molar-refractivity contribution in [2.24, 2.45) is 0 Å². The summed E-state index contributed by atoms with van der Waals surface area (Å²) >= 11 is 3.09. The van der Waals surface area contributed by atoms with E-state index in [1.54, 1.807) is 6.08 Å². The molecule has 0 radical (unpaired) electrons. The van der Waals surface area contributed by atoms with Gasteiger partial charge in [0, 0.05) is 18.2 Å². The summed E-state index contributed by atoms with van der Waals surface area (Å²) in [5.41, 5.74) is 1.57. The number of nitrogens with zero attached hydrogens (tertiary/aromatic N) is 2.